The van der Waals surface area contributed by atoms with Crippen molar-refractivity contribution in [1.29, 1.82) is 0 Å². The summed E-state index contributed by atoms with van der Waals surface area (Å²) in [7, 11) is -2.98. The lowest BCUT2D eigenvalue weighted by Crippen LogP contribution is -2.05. The SMILES string of the molecule is O=S1(=O)CCC(c2noc(-c3ccccc3O)n2)C1. The number of hydrogen-bond donors (Lipinski definition) is 1. The maximum Gasteiger partial charge on any atom is 0.261 e. The van der Waals surface area contributed by atoms with Crippen LogP contribution in [0.4, 0.5) is 0 Å². The molecule has 0 radical (unpaired) electrons. The van der Waals surface area contributed by atoms with Gasteiger partial charge in [0.15, 0.2) is 15.7 Å². The van der Waals surface area contributed by atoms with Gasteiger partial charge in [-0.3, -0.25) is 0 Å². The van der Waals surface area contributed by atoms with Crippen molar-refractivity contribution in [3.8, 4) is 17.2 Å². The number of rotatable bonds is 2. The minimum Gasteiger partial charge on any atom is -0.507 e. The number of hydrogen-bond acceptors (Lipinski definition) is 6. The average Bonchev–Trinajstić information content (AvgIpc) is 2.96. The molecule has 2 aromatic rings. The molecule has 1 aliphatic heterocycles. The summed E-state index contributed by atoms with van der Waals surface area (Å²) in [6.45, 7) is 0. The van der Waals surface area contributed by atoms with Crippen LogP contribution in [0.1, 0.15) is 18.2 Å². The van der Waals surface area contributed by atoms with Crippen LogP contribution in [0.3, 0.4) is 0 Å². The lowest BCUT2D eigenvalue weighted by atomic mass is 10.1. The number of nitrogens with zero attached hydrogens (tertiary/aromatic N) is 2. The largest absolute Gasteiger partial charge is 0.507 e. The Morgan fingerprint density at radius 1 is 1.32 bits per heavy atom. The number of aromatic hydroxyl groups is 1. The maximum atomic E-state index is 11.4. The van der Waals surface area contributed by atoms with Gasteiger partial charge in [-0.1, -0.05) is 17.3 Å². The summed E-state index contributed by atoms with van der Waals surface area (Å²) >= 11 is 0. The monoisotopic (exact) mass is 280 g/mol. The van der Waals surface area contributed by atoms with E-state index in [-0.39, 0.29) is 29.1 Å². The number of aromatic nitrogens is 2. The summed E-state index contributed by atoms with van der Waals surface area (Å²) in [5.41, 5.74) is 0.446. The molecule has 0 amide bonds. The molecule has 0 aliphatic carbocycles. The Morgan fingerprint density at radius 2 is 2.11 bits per heavy atom. The van der Waals surface area contributed by atoms with Crippen molar-refractivity contribution in [3.63, 3.8) is 0 Å². The van der Waals surface area contributed by atoms with Crippen molar-refractivity contribution >= 4 is 9.84 Å². The molecule has 0 saturated carbocycles. The lowest BCUT2D eigenvalue weighted by Gasteiger charge is -1.99. The second kappa shape index (κ2) is 4.34. The van der Waals surface area contributed by atoms with Crippen molar-refractivity contribution in [1.82, 2.24) is 10.1 Å². The van der Waals surface area contributed by atoms with Crippen LogP contribution in [0.2, 0.25) is 0 Å². The second-order valence-corrected chi connectivity index (χ2v) is 6.80. The molecule has 0 bridgehead atoms. The molecule has 7 heteroatoms. The number of para-hydroxylation sites is 1. The summed E-state index contributed by atoms with van der Waals surface area (Å²) in [5, 5.41) is 13.5. The van der Waals surface area contributed by atoms with Crippen molar-refractivity contribution in [2.75, 3.05) is 11.5 Å². The summed E-state index contributed by atoms with van der Waals surface area (Å²) in [6.07, 6.45) is 0.516. The predicted octanol–water partition coefficient (Wildman–Crippen LogP) is 1.34. The zero-order valence-corrected chi connectivity index (χ0v) is 10.8. The molecule has 1 unspecified atom stereocenters. The molecular weight excluding hydrogens is 268 g/mol. The Labute approximate surface area is 110 Å². The fourth-order valence-electron chi connectivity index (χ4n) is 2.16. The first-order valence-electron chi connectivity index (χ1n) is 5.87. The summed E-state index contributed by atoms with van der Waals surface area (Å²) in [4.78, 5) is 4.19. The Bertz CT molecular complexity index is 708. The van der Waals surface area contributed by atoms with Gasteiger partial charge in [-0.25, -0.2) is 8.42 Å². The molecule has 3 rings (SSSR count). The van der Waals surface area contributed by atoms with Crippen molar-refractivity contribution in [2.45, 2.75) is 12.3 Å². The van der Waals surface area contributed by atoms with E-state index in [1.54, 1.807) is 18.2 Å². The molecule has 1 aromatic carbocycles. The normalized spacial score (nSPS) is 21.6. The minimum absolute atomic E-state index is 0.0525. The van der Waals surface area contributed by atoms with E-state index in [4.69, 9.17) is 4.52 Å². The standard InChI is InChI=1S/C12H12N2O4S/c15-10-4-2-1-3-9(10)12-13-11(14-18-12)8-5-6-19(16,17)7-8/h1-4,8,15H,5-7H2. The number of phenolic OH excluding ortho intramolecular Hbond substituents is 1. The zero-order valence-electron chi connectivity index (χ0n) is 9.98. The van der Waals surface area contributed by atoms with Crippen LogP contribution in [0.25, 0.3) is 11.5 Å². The quantitative estimate of drug-likeness (QED) is 0.892. The summed E-state index contributed by atoms with van der Waals surface area (Å²) in [6, 6.07) is 6.63. The van der Waals surface area contributed by atoms with Crippen LogP contribution in [-0.4, -0.2) is 35.2 Å². The van der Waals surface area contributed by atoms with Crippen LogP contribution in [0.15, 0.2) is 28.8 Å². The van der Waals surface area contributed by atoms with E-state index in [1.807, 2.05) is 0 Å². The average molecular weight is 280 g/mol. The highest BCUT2D eigenvalue weighted by Crippen LogP contribution is 2.31. The van der Waals surface area contributed by atoms with Crippen LogP contribution >= 0.6 is 0 Å². The van der Waals surface area contributed by atoms with E-state index in [9.17, 15) is 13.5 Å². The first-order chi connectivity index (χ1) is 9.05. The van der Waals surface area contributed by atoms with Gasteiger partial charge in [0.2, 0.25) is 0 Å². The highest BCUT2D eigenvalue weighted by molar-refractivity contribution is 7.91. The predicted molar refractivity (Wildman–Crippen MR) is 67.4 cm³/mol. The topological polar surface area (TPSA) is 93.3 Å². The Morgan fingerprint density at radius 3 is 2.79 bits per heavy atom. The molecule has 1 saturated heterocycles. The van der Waals surface area contributed by atoms with Crippen LogP contribution in [0, 0.1) is 0 Å². The van der Waals surface area contributed by atoms with Gasteiger partial charge in [0.25, 0.3) is 5.89 Å². The highest BCUT2D eigenvalue weighted by Gasteiger charge is 2.32. The van der Waals surface area contributed by atoms with Crippen molar-refractivity contribution < 1.29 is 18.0 Å². The minimum atomic E-state index is -2.98. The fraction of sp³-hybridized carbons (Fsp3) is 0.333. The number of sulfone groups is 1. The van der Waals surface area contributed by atoms with Gasteiger partial charge < -0.3 is 9.63 Å². The molecule has 1 aromatic heterocycles. The van der Waals surface area contributed by atoms with E-state index in [2.05, 4.69) is 10.1 Å². The first-order valence-corrected chi connectivity index (χ1v) is 7.70. The molecule has 19 heavy (non-hydrogen) atoms. The van der Waals surface area contributed by atoms with E-state index in [0.29, 0.717) is 17.8 Å². The molecule has 6 nitrogen and oxygen atoms in total. The lowest BCUT2D eigenvalue weighted by molar-refractivity contribution is 0.413. The molecular formula is C12H12N2O4S. The van der Waals surface area contributed by atoms with Gasteiger partial charge in [-0.2, -0.15) is 4.98 Å². The Kier molecular flexibility index (Phi) is 2.78. The third kappa shape index (κ3) is 2.33. The third-order valence-electron chi connectivity index (χ3n) is 3.17. The molecule has 0 spiro atoms. The van der Waals surface area contributed by atoms with Gasteiger partial charge in [0.1, 0.15) is 5.75 Å². The summed E-state index contributed by atoms with van der Waals surface area (Å²) < 4.78 is 27.9. The van der Waals surface area contributed by atoms with E-state index in [0.717, 1.165) is 0 Å². The van der Waals surface area contributed by atoms with Crippen molar-refractivity contribution in [3.05, 3.63) is 30.1 Å². The van der Waals surface area contributed by atoms with Crippen molar-refractivity contribution in [2.24, 2.45) is 0 Å². The molecule has 100 valence electrons. The van der Waals surface area contributed by atoms with E-state index in [1.165, 1.54) is 6.07 Å². The number of phenols is 1. The van der Waals surface area contributed by atoms with Gasteiger partial charge in [0, 0.05) is 5.92 Å². The maximum absolute atomic E-state index is 11.4. The van der Waals surface area contributed by atoms with E-state index < -0.39 is 9.84 Å². The Balaban J connectivity index is 1.91. The third-order valence-corrected chi connectivity index (χ3v) is 4.94. The van der Waals surface area contributed by atoms with Crippen LogP contribution in [-0.2, 0) is 9.84 Å². The second-order valence-electron chi connectivity index (χ2n) is 4.57. The zero-order chi connectivity index (χ0) is 13.5. The van der Waals surface area contributed by atoms with Crippen LogP contribution < -0.4 is 0 Å². The van der Waals surface area contributed by atoms with E-state index >= 15 is 0 Å². The molecule has 2 heterocycles. The van der Waals surface area contributed by atoms with Gasteiger partial charge in [-0.15, -0.1) is 0 Å². The highest BCUT2D eigenvalue weighted by atomic mass is 32.2. The summed E-state index contributed by atoms with van der Waals surface area (Å²) in [5.74, 6) is 0.659. The fourth-order valence-corrected chi connectivity index (χ4v) is 3.90. The molecule has 1 fully saturated rings. The van der Waals surface area contributed by atoms with Gasteiger partial charge in [0.05, 0.1) is 17.1 Å². The van der Waals surface area contributed by atoms with Gasteiger partial charge in [-0.05, 0) is 18.6 Å². The first kappa shape index (κ1) is 12.2. The van der Waals surface area contributed by atoms with Crippen LogP contribution in [0.5, 0.6) is 5.75 Å². The number of benzene rings is 1. The smallest absolute Gasteiger partial charge is 0.261 e. The molecule has 1 aliphatic rings. The molecule has 1 atom stereocenters. The van der Waals surface area contributed by atoms with Gasteiger partial charge >= 0.3 is 0 Å². The Hall–Kier alpha value is -1.89. The molecule has 1 N–H and O–H groups in total.